The number of rotatable bonds is 9. The van der Waals surface area contributed by atoms with E-state index in [0.717, 1.165) is 38.4 Å². The van der Waals surface area contributed by atoms with Gasteiger partial charge in [-0.3, -0.25) is 4.79 Å². The number of carbonyl (C=O) groups is 1. The van der Waals surface area contributed by atoms with Crippen molar-refractivity contribution in [2.75, 3.05) is 40.3 Å². The highest BCUT2D eigenvalue weighted by molar-refractivity contribution is 14.0. The molecule has 2 rings (SSSR count). The summed E-state index contributed by atoms with van der Waals surface area (Å²) in [5, 5.41) is 3.60. The van der Waals surface area contributed by atoms with E-state index in [9.17, 15) is 4.79 Å². The lowest BCUT2D eigenvalue weighted by Crippen LogP contribution is -2.50. The molecule has 7 nitrogen and oxygen atoms in total. The summed E-state index contributed by atoms with van der Waals surface area (Å²) in [5.41, 5.74) is 0. The number of nitrogens with one attached hydrogen (secondary N) is 1. The number of likely N-dealkylation sites (N-methyl/N-ethyl adjacent to an activating group) is 1. The van der Waals surface area contributed by atoms with Crippen LogP contribution in [0.2, 0.25) is 0 Å². The van der Waals surface area contributed by atoms with Gasteiger partial charge in [0.05, 0.1) is 12.4 Å². The first-order chi connectivity index (χ1) is 14.0. The van der Waals surface area contributed by atoms with E-state index < -0.39 is 0 Å². The van der Waals surface area contributed by atoms with Gasteiger partial charge < -0.3 is 19.7 Å². The van der Waals surface area contributed by atoms with Gasteiger partial charge in [0.25, 0.3) is 0 Å². The number of halogens is 1. The van der Waals surface area contributed by atoms with E-state index in [-0.39, 0.29) is 36.4 Å². The fraction of sp³-hybridized carbons (Fsp3) is 0.773. The summed E-state index contributed by atoms with van der Waals surface area (Å²) in [4.78, 5) is 25.0. The molecular weight excluding hydrogens is 491 g/mol. The zero-order valence-electron chi connectivity index (χ0n) is 19.4. The number of imidazole rings is 1. The Morgan fingerprint density at radius 3 is 2.73 bits per heavy atom. The van der Waals surface area contributed by atoms with Crippen molar-refractivity contribution in [3.05, 3.63) is 18.7 Å². The highest BCUT2D eigenvalue weighted by Gasteiger charge is 2.29. The Balaban J connectivity index is 0.00000450. The molecule has 1 aliphatic heterocycles. The Hall–Kier alpha value is -1.32. The first-order valence-corrected chi connectivity index (χ1v) is 11.2. The van der Waals surface area contributed by atoms with Crippen molar-refractivity contribution in [2.24, 2.45) is 16.8 Å². The summed E-state index contributed by atoms with van der Waals surface area (Å²) in [7, 11) is 3.56. The number of hydrogen-bond donors (Lipinski definition) is 1. The maximum absolute atomic E-state index is 12.1. The number of unbranched alkanes of at least 4 members (excludes halogenated alkanes) is 1. The molecule has 0 saturated carbocycles. The van der Waals surface area contributed by atoms with Crippen LogP contribution in [-0.4, -0.2) is 71.5 Å². The second kappa shape index (κ2) is 13.9. The molecule has 2 heterocycles. The molecule has 1 aromatic heterocycles. The fourth-order valence-corrected chi connectivity index (χ4v) is 3.83. The molecule has 172 valence electrons. The van der Waals surface area contributed by atoms with Gasteiger partial charge in [0.2, 0.25) is 5.91 Å². The number of aliphatic imine (C=N–C) groups is 1. The Kier molecular flexibility index (Phi) is 12.4. The molecule has 3 atom stereocenters. The van der Waals surface area contributed by atoms with Crippen LogP contribution in [0.25, 0.3) is 0 Å². The molecule has 30 heavy (non-hydrogen) atoms. The van der Waals surface area contributed by atoms with Gasteiger partial charge >= 0.3 is 0 Å². The van der Waals surface area contributed by atoms with Crippen LogP contribution in [-0.2, 0) is 4.79 Å². The Morgan fingerprint density at radius 1 is 1.37 bits per heavy atom. The van der Waals surface area contributed by atoms with E-state index in [0.29, 0.717) is 17.9 Å². The van der Waals surface area contributed by atoms with Crippen LogP contribution in [0, 0.1) is 11.8 Å². The standard InChI is InChI=1S/C22H40N6O.HI/c1-6-8-9-19(7-2)14-24-22(25-15-21(29)26(4)5)27-12-10-18(3)20(16-27)28-13-11-23-17-28;/h11,13,17-20H,6-10,12,14-16H2,1-5H3,(H,24,25);1H. The van der Waals surface area contributed by atoms with E-state index in [1.807, 2.05) is 18.7 Å². The van der Waals surface area contributed by atoms with Gasteiger partial charge in [0, 0.05) is 46.1 Å². The van der Waals surface area contributed by atoms with Gasteiger partial charge in [-0.2, -0.15) is 0 Å². The number of hydrogen-bond acceptors (Lipinski definition) is 3. The van der Waals surface area contributed by atoms with E-state index in [2.05, 4.69) is 40.5 Å². The third-order valence-corrected chi connectivity index (χ3v) is 6.08. The number of likely N-dealkylation sites (tertiary alicyclic amines) is 1. The molecule has 0 aliphatic carbocycles. The molecule has 0 aromatic carbocycles. The lowest BCUT2D eigenvalue weighted by molar-refractivity contribution is -0.127. The fourth-order valence-electron chi connectivity index (χ4n) is 3.83. The number of aromatic nitrogens is 2. The predicted molar refractivity (Wildman–Crippen MR) is 134 cm³/mol. The molecule has 1 amide bonds. The van der Waals surface area contributed by atoms with Crippen molar-refractivity contribution in [3.63, 3.8) is 0 Å². The van der Waals surface area contributed by atoms with Gasteiger partial charge in [-0.05, 0) is 24.7 Å². The predicted octanol–water partition coefficient (Wildman–Crippen LogP) is 3.63. The van der Waals surface area contributed by atoms with E-state index in [1.165, 1.54) is 19.3 Å². The first-order valence-electron chi connectivity index (χ1n) is 11.2. The second-order valence-electron chi connectivity index (χ2n) is 8.51. The van der Waals surface area contributed by atoms with Gasteiger partial charge in [-0.15, -0.1) is 24.0 Å². The van der Waals surface area contributed by atoms with E-state index in [4.69, 9.17) is 4.99 Å². The van der Waals surface area contributed by atoms with Crippen LogP contribution in [0.4, 0.5) is 0 Å². The van der Waals surface area contributed by atoms with Crippen LogP contribution in [0.5, 0.6) is 0 Å². The molecule has 1 fully saturated rings. The number of nitrogens with zero attached hydrogens (tertiary/aromatic N) is 5. The Morgan fingerprint density at radius 2 is 2.13 bits per heavy atom. The monoisotopic (exact) mass is 532 g/mol. The van der Waals surface area contributed by atoms with Crippen molar-refractivity contribution in [3.8, 4) is 0 Å². The summed E-state index contributed by atoms with van der Waals surface area (Å²) in [6.45, 7) is 9.73. The third kappa shape index (κ3) is 8.07. The summed E-state index contributed by atoms with van der Waals surface area (Å²) < 4.78 is 2.20. The Bertz CT molecular complexity index is 634. The van der Waals surface area contributed by atoms with Gasteiger partial charge in [0.15, 0.2) is 5.96 Å². The van der Waals surface area contributed by atoms with Crippen molar-refractivity contribution >= 4 is 35.8 Å². The molecule has 1 N–H and O–H groups in total. The van der Waals surface area contributed by atoms with Crippen molar-refractivity contribution in [1.82, 2.24) is 24.7 Å². The summed E-state index contributed by atoms with van der Waals surface area (Å²) in [6.07, 6.45) is 11.8. The van der Waals surface area contributed by atoms with E-state index in [1.54, 1.807) is 19.0 Å². The zero-order chi connectivity index (χ0) is 21.2. The van der Waals surface area contributed by atoms with Crippen molar-refractivity contribution in [2.45, 2.75) is 58.9 Å². The molecule has 1 aromatic rings. The van der Waals surface area contributed by atoms with Gasteiger partial charge in [-0.1, -0.05) is 40.0 Å². The van der Waals surface area contributed by atoms with Crippen LogP contribution in [0.15, 0.2) is 23.7 Å². The quantitative estimate of drug-likeness (QED) is 0.300. The van der Waals surface area contributed by atoms with Gasteiger partial charge in [0.1, 0.15) is 6.54 Å². The third-order valence-electron chi connectivity index (χ3n) is 6.08. The first kappa shape index (κ1) is 26.7. The molecule has 0 bridgehead atoms. The lowest BCUT2D eigenvalue weighted by Gasteiger charge is -2.39. The van der Waals surface area contributed by atoms with Crippen molar-refractivity contribution < 1.29 is 4.79 Å². The normalized spacial score (nSPS) is 20.4. The SMILES string of the molecule is CCCCC(CC)CNC(=NCC(=O)N(C)C)N1CCC(C)C(n2ccnc2)C1.I. The van der Waals surface area contributed by atoms with Crippen LogP contribution < -0.4 is 5.32 Å². The zero-order valence-corrected chi connectivity index (χ0v) is 21.7. The topological polar surface area (TPSA) is 65.8 Å². The minimum Gasteiger partial charge on any atom is -0.356 e. The molecule has 1 aliphatic rings. The maximum Gasteiger partial charge on any atom is 0.243 e. The minimum absolute atomic E-state index is 0. The summed E-state index contributed by atoms with van der Waals surface area (Å²) in [5.74, 6) is 2.11. The molecule has 0 radical (unpaired) electrons. The van der Waals surface area contributed by atoms with Crippen LogP contribution >= 0.6 is 24.0 Å². The highest BCUT2D eigenvalue weighted by Crippen LogP contribution is 2.27. The van der Waals surface area contributed by atoms with E-state index >= 15 is 0 Å². The highest BCUT2D eigenvalue weighted by atomic mass is 127. The number of carbonyl (C=O) groups excluding carboxylic acids is 1. The largest absolute Gasteiger partial charge is 0.356 e. The second-order valence-corrected chi connectivity index (χ2v) is 8.51. The number of amides is 1. The van der Waals surface area contributed by atoms with Crippen LogP contribution in [0.1, 0.15) is 58.9 Å². The number of piperidine rings is 1. The minimum atomic E-state index is 0. The maximum atomic E-state index is 12.1. The van der Waals surface area contributed by atoms with Gasteiger partial charge in [-0.25, -0.2) is 9.98 Å². The molecule has 1 saturated heterocycles. The number of guanidine groups is 1. The molecule has 8 heteroatoms. The summed E-state index contributed by atoms with van der Waals surface area (Å²) >= 11 is 0. The average Bonchev–Trinajstić information content (AvgIpc) is 3.25. The smallest absolute Gasteiger partial charge is 0.243 e. The molecule has 3 unspecified atom stereocenters. The van der Waals surface area contributed by atoms with Crippen LogP contribution in [0.3, 0.4) is 0 Å². The average molecular weight is 533 g/mol. The Labute approximate surface area is 199 Å². The lowest BCUT2D eigenvalue weighted by atomic mass is 9.93. The summed E-state index contributed by atoms with van der Waals surface area (Å²) in [6, 6.07) is 0.366. The molecule has 0 spiro atoms. The van der Waals surface area contributed by atoms with Crippen molar-refractivity contribution in [1.29, 1.82) is 0 Å². The molecular formula is C22H41IN6O.